The third-order valence-electron chi connectivity index (χ3n) is 2.96. The van der Waals surface area contributed by atoms with Crippen LogP contribution in [-0.2, 0) is 0 Å². The molecular weight excluding hydrogens is 193 g/mol. The second-order valence-electron chi connectivity index (χ2n) is 4.15. The second kappa shape index (κ2) is 4.19. The number of hydrogen-bond acceptors (Lipinski definition) is 2. The summed E-state index contributed by atoms with van der Waals surface area (Å²) in [7, 11) is 0. The number of aliphatic hydroxyl groups excluding tert-OH is 1. The highest BCUT2D eigenvalue weighted by Crippen LogP contribution is 2.24. The van der Waals surface area contributed by atoms with Gasteiger partial charge in [0.1, 0.15) is 5.82 Å². The molecule has 0 aliphatic carbocycles. The fraction of sp³-hybridized carbons (Fsp3) is 0.500. The van der Waals surface area contributed by atoms with Crippen molar-refractivity contribution in [2.45, 2.75) is 25.9 Å². The van der Waals surface area contributed by atoms with Crippen molar-refractivity contribution in [1.29, 1.82) is 0 Å². The van der Waals surface area contributed by atoms with E-state index in [2.05, 4.69) is 4.90 Å². The van der Waals surface area contributed by atoms with Crippen LogP contribution in [-0.4, -0.2) is 24.3 Å². The zero-order valence-corrected chi connectivity index (χ0v) is 8.91. The monoisotopic (exact) mass is 209 g/mol. The van der Waals surface area contributed by atoms with Crippen molar-refractivity contribution in [2.75, 3.05) is 18.0 Å². The van der Waals surface area contributed by atoms with E-state index < -0.39 is 0 Å². The number of anilines is 1. The molecule has 1 N–H and O–H groups in total. The molecule has 1 aromatic carbocycles. The van der Waals surface area contributed by atoms with Crippen LogP contribution in [0.2, 0.25) is 0 Å². The highest BCUT2D eigenvalue weighted by Gasteiger charge is 2.18. The highest BCUT2D eigenvalue weighted by atomic mass is 19.1. The normalized spacial score (nSPS) is 18.2. The van der Waals surface area contributed by atoms with Crippen LogP contribution in [0.5, 0.6) is 0 Å². The first-order chi connectivity index (χ1) is 7.16. The van der Waals surface area contributed by atoms with Gasteiger partial charge in [-0.25, -0.2) is 4.39 Å². The lowest BCUT2D eigenvalue weighted by Crippen LogP contribution is -2.36. The van der Waals surface area contributed by atoms with Gasteiger partial charge in [-0.15, -0.1) is 0 Å². The number of piperidine rings is 1. The molecule has 0 spiro atoms. The summed E-state index contributed by atoms with van der Waals surface area (Å²) in [6.45, 7) is 3.63. The second-order valence-corrected chi connectivity index (χ2v) is 4.15. The van der Waals surface area contributed by atoms with Crippen molar-refractivity contribution in [3.8, 4) is 0 Å². The van der Waals surface area contributed by atoms with Crippen molar-refractivity contribution >= 4 is 5.69 Å². The van der Waals surface area contributed by atoms with Gasteiger partial charge in [0.05, 0.1) is 6.10 Å². The number of aryl methyl sites for hydroxylation is 1. The molecule has 1 fully saturated rings. The van der Waals surface area contributed by atoms with Crippen LogP contribution < -0.4 is 4.90 Å². The summed E-state index contributed by atoms with van der Waals surface area (Å²) in [5.74, 6) is -0.187. The van der Waals surface area contributed by atoms with Gasteiger partial charge in [0.15, 0.2) is 0 Å². The third-order valence-corrected chi connectivity index (χ3v) is 2.96. The van der Waals surface area contributed by atoms with Crippen molar-refractivity contribution in [3.05, 3.63) is 29.6 Å². The summed E-state index contributed by atoms with van der Waals surface area (Å²) in [5.41, 5.74) is 2.05. The largest absolute Gasteiger partial charge is 0.393 e. The van der Waals surface area contributed by atoms with Gasteiger partial charge in [0.2, 0.25) is 0 Å². The molecule has 1 aliphatic heterocycles. The maximum absolute atomic E-state index is 12.9. The van der Waals surface area contributed by atoms with Gasteiger partial charge in [-0.2, -0.15) is 0 Å². The molecule has 0 aromatic heterocycles. The smallest absolute Gasteiger partial charge is 0.123 e. The standard InChI is InChI=1S/C12H16FNO/c1-9-8-10(13)2-3-12(9)14-6-4-11(15)5-7-14/h2-3,8,11,15H,4-7H2,1H3. The van der Waals surface area contributed by atoms with E-state index in [1.807, 2.05) is 13.0 Å². The van der Waals surface area contributed by atoms with Crippen molar-refractivity contribution in [3.63, 3.8) is 0 Å². The van der Waals surface area contributed by atoms with Crippen molar-refractivity contribution in [2.24, 2.45) is 0 Å². The van der Waals surface area contributed by atoms with E-state index in [9.17, 15) is 9.50 Å². The molecule has 1 aromatic rings. The SMILES string of the molecule is Cc1cc(F)ccc1N1CCC(O)CC1. The topological polar surface area (TPSA) is 23.5 Å². The quantitative estimate of drug-likeness (QED) is 0.765. The zero-order chi connectivity index (χ0) is 10.8. The molecule has 1 heterocycles. The summed E-state index contributed by atoms with van der Waals surface area (Å²) < 4.78 is 12.9. The Morgan fingerprint density at radius 2 is 2.00 bits per heavy atom. The van der Waals surface area contributed by atoms with Crippen LogP contribution in [0.15, 0.2) is 18.2 Å². The first-order valence-electron chi connectivity index (χ1n) is 5.36. The van der Waals surface area contributed by atoms with E-state index in [1.165, 1.54) is 6.07 Å². The van der Waals surface area contributed by atoms with Gasteiger partial charge in [-0.3, -0.25) is 0 Å². The van der Waals surface area contributed by atoms with E-state index in [0.29, 0.717) is 0 Å². The Morgan fingerprint density at radius 1 is 1.33 bits per heavy atom. The first kappa shape index (κ1) is 10.4. The Balaban J connectivity index is 2.15. The molecule has 1 saturated heterocycles. The molecule has 0 saturated carbocycles. The summed E-state index contributed by atoms with van der Waals surface area (Å²) in [4.78, 5) is 2.21. The molecular formula is C12H16FNO. The van der Waals surface area contributed by atoms with E-state index in [1.54, 1.807) is 6.07 Å². The Morgan fingerprint density at radius 3 is 2.60 bits per heavy atom. The number of hydrogen-bond donors (Lipinski definition) is 1. The van der Waals surface area contributed by atoms with Gasteiger partial charge in [0.25, 0.3) is 0 Å². The number of rotatable bonds is 1. The van der Waals surface area contributed by atoms with Crippen LogP contribution in [0.3, 0.4) is 0 Å². The lowest BCUT2D eigenvalue weighted by molar-refractivity contribution is 0.145. The van der Waals surface area contributed by atoms with Crippen LogP contribution >= 0.6 is 0 Å². The number of nitrogens with zero attached hydrogens (tertiary/aromatic N) is 1. The van der Waals surface area contributed by atoms with E-state index >= 15 is 0 Å². The van der Waals surface area contributed by atoms with Crippen molar-refractivity contribution in [1.82, 2.24) is 0 Å². The van der Waals surface area contributed by atoms with Gasteiger partial charge in [-0.05, 0) is 43.5 Å². The lowest BCUT2D eigenvalue weighted by Gasteiger charge is -2.32. The van der Waals surface area contributed by atoms with Crippen LogP contribution in [0.1, 0.15) is 18.4 Å². The first-order valence-corrected chi connectivity index (χ1v) is 5.36. The minimum atomic E-state index is -0.187. The lowest BCUT2D eigenvalue weighted by atomic mass is 10.1. The van der Waals surface area contributed by atoms with E-state index in [4.69, 9.17) is 0 Å². The average molecular weight is 209 g/mol. The molecule has 0 amide bonds. The molecule has 2 nitrogen and oxygen atoms in total. The molecule has 15 heavy (non-hydrogen) atoms. The molecule has 1 aliphatic rings. The van der Waals surface area contributed by atoms with Crippen LogP contribution in [0.4, 0.5) is 10.1 Å². The average Bonchev–Trinajstić information content (AvgIpc) is 2.20. The number of aliphatic hydroxyl groups is 1. The summed E-state index contributed by atoms with van der Waals surface area (Å²) >= 11 is 0. The zero-order valence-electron chi connectivity index (χ0n) is 8.91. The van der Waals surface area contributed by atoms with Gasteiger partial charge >= 0.3 is 0 Å². The summed E-state index contributed by atoms with van der Waals surface area (Å²) in [6, 6.07) is 4.87. The van der Waals surface area contributed by atoms with Crippen LogP contribution in [0.25, 0.3) is 0 Å². The predicted octanol–water partition coefficient (Wildman–Crippen LogP) is 2.10. The van der Waals surface area contributed by atoms with Crippen molar-refractivity contribution < 1.29 is 9.50 Å². The Hall–Kier alpha value is -1.09. The van der Waals surface area contributed by atoms with Gasteiger partial charge < -0.3 is 10.0 Å². The Labute approximate surface area is 89.3 Å². The molecule has 0 radical (unpaired) electrons. The summed E-state index contributed by atoms with van der Waals surface area (Å²) in [6.07, 6.45) is 1.44. The molecule has 0 unspecified atom stereocenters. The van der Waals surface area contributed by atoms with E-state index in [-0.39, 0.29) is 11.9 Å². The fourth-order valence-corrected chi connectivity index (χ4v) is 2.08. The number of halogens is 1. The van der Waals surface area contributed by atoms with Crippen LogP contribution in [0, 0.1) is 12.7 Å². The molecule has 0 bridgehead atoms. The summed E-state index contributed by atoms with van der Waals surface area (Å²) in [5, 5.41) is 9.40. The number of benzene rings is 1. The maximum Gasteiger partial charge on any atom is 0.123 e. The molecule has 3 heteroatoms. The fourth-order valence-electron chi connectivity index (χ4n) is 2.08. The molecule has 82 valence electrons. The minimum absolute atomic E-state index is 0.165. The third kappa shape index (κ3) is 2.29. The van der Waals surface area contributed by atoms with Gasteiger partial charge in [0, 0.05) is 18.8 Å². The Bertz CT molecular complexity index is 345. The predicted molar refractivity (Wildman–Crippen MR) is 58.6 cm³/mol. The highest BCUT2D eigenvalue weighted by molar-refractivity contribution is 5.53. The van der Waals surface area contributed by atoms with E-state index in [0.717, 1.165) is 37.2 Å². The minimum Gasteiger partial charge on any atom is -0.393 e. The Kier molecular flexibility index (Phi) is 2.91. The maximum atomic E-state index is 12.9. The molecule has 2 rings (SSSR count). The molecule has 0 atom stereocenters. The van der Waals surface area contributed by atoms with Gasteiger partial charge in [-0.1, -0.05) is 0 Å².